The van der Waals surface area contributed by atoms with Crippen LogP contribution in [0.5, 0.6) is 11.5 Å². The number of carbonyl (C=O) groups is 1. The number of anilines is 1. The molecule has 6 rings (SSSR count). The number of nitrogens with one attached hydrogen (secondary N) is 1. The Morgan fingerprint density at radius 2 is 1.51 bits per heavy atom. The number of rotatable bonds is 9. The van der Waals surface area contributed by atoms with Gasteiger partial charge in [-0.1, -0.05) is 38.1 Å². The molecule has 3 heterocycles. The van der Waals surface area contributed by atoms with Gasteiger partial charge in [-0.3, -0.25) is 0 Å². The largest absolute Gasteiger partial charge is 0.490 e. The highest BCUT2D eigenvalue weighted by molar-refractivity contribution is 5.68. The maximum Gasteiger partial charge on any atom is 0.407 e. The van der Waals surface area contributed by atoms with Gasteiger partial charge < -0.3 is 29.2 Å². The molecule has 1 aromatic heterocycles. The Kier molecular flexibility index (Phi) is 7.71. The average Bonchev–Trinajstić information content (AvgIpc) is 2.89. The maximum atomic E-state index is 12.0. The summed E-state index contributed by atoms with van der Waals surface area (Å²) in [6.07, 6.45) is 4.95. The molecule has 1 N–H and O–H groups in total. The molecule has 1 aliphatic carbocycles. The first-order chi connectivity index (χ1) is 20.5. The van der Waals surface area contributed by atoms with E-state index in [-0.39, 0.29) is 23.7 Å². The summed E-state index contributed by atoms with van der Waals surface area (Å²) in [4.78, 5) is 23.2. The van der Waals surface area contributed by atoms with Crippen molar-refractivity contribution in [2.24, 2.45) is 5.41 Å². The summed E-state index contributed by atoms with van der Waals surface area (Å²) >= 11 is 0. The van der Waals surface area contributed by atoms with Gasteiger partial charge in [-0.05, 0) is 56.2 Å². The second-order valence-electron chi connectivity index (χ2n) is 13.8. The van der Waals surface area contributed by atoms with E-state index < -0.39 is 5.60 Å². The Balaban J connectivity index is 0.960. The van der Waals surface area contributed by atoms with Crippen LogP contribution in [-0.4, -0.2) is 60.1 Å². The van der Waals surface area contributed by atoms with Gasteiger partial charge in [-0.15, -0.1) is 0 Å². The quantitative estimate of drug-likeness (QED) is 0.344. The van der Waals surface area contributed by atoms with Gasteiger partial charge in [0.25, 0.3) is 0 Å². The lowest BCUT2D eigenvalue weighted by Gasteiger charge is -2.54. The number of hydrogen-bond donors (Lipinski definition) is 1. The number of hydrogen-bond acceptors (Lipinski definition) is 8. The van der Waals surface area contributed by atoms with Gasteiger partial charge >= 0.3 is 6.09 Å². The predicted octanol–water partition coefficient (Wildman–Crippen LogP) is 5.65. The zero-order chi connectivity index (χ0) is 30.2. The van der Waals surface area contributed by atoms with E-state index >= 15 is 0 Å². The van der Waals surface area contributed by atoms with Crippen molar-refractivity contribution in [1.82, 2.24) is 15.3 Å². The van der Waals surface area contributed by atoms with Crippen LogP contribution in [0.15, 0.2) is 60.9 Å². The Labute approximate surface area is 253 Å². The lowest BCUT2D eigenvalue weighted by molar-refractivity contribution is -0.127. The Hall–Kier alpha value is -3.85. The predicted molar refractivity (Wildman–Crippen MR) is 164 cm³/mol. The van der Waals surface area contributed by atoms with Gasteiger partial charge in [-0.2, -0.15) is 0 Å². The molecule has 3 fully saturated rings. The first kappa shape index (κ1) is 29.2. The summed E-state index contributed by atoms with van der Waals surface area (Å²) in [7, 11) is 0. The summed E-state index contributed by atoms with van der Waals surface area (Å²) in [6.45, 7) is 14.1. The van der Waals surface area contributed by atoms with Gasteiger partial charge in [0.2, 0.25) is 5.95 Å². The van der Waals surface area contributed by atoms with Gasteiger partial charge in [0, 0.05) is 55.3 Å². The number of carbonyl (C=O) groups excluding carboxylic acids is 1. The minimum Gasteiger partial charge on any atom is -0.490 e. The van der Waals surface area contributed by atoms with Crippen molar-refractivity contribution in [2.45, 2.75) is 77.2 Å². The Bertz CT molecular complexity index is 1400. The van der Waals surface area contributed by atoms with E-state index in [9.17, 15) is 4.79 Å². The molecule has 1 saturated carbocycles. The topological polar surface area (TPSA) is 95.0 Å². The molecule has 2 saturated heterocycles. The van der Waals surface area contributed by atoms with Gasteiger partial charge in [0.15, 0.2) is 0 Å². The molecular weight excluding hydrogens is 544 g/mol. The van der Waals surface area contributed by atoms with E-state index in [1.165, 1.54) is 11.1 Å². The van der Waals surface area contributed by atoms with E-state index in [0.717, 1.165) is 62.2 Å². The molecule has 2 aliphatic heterocycles. The van der Waals surface area contributed by atoms with Crippen molar-refractivity contribution in [2.75, 3.05) is 31.2 Å². The van der Waals surface area contributed by atoms with Crippen molar-refractivity contribution in [1.29, 1.82) is 0 Å². The third kappa shape index (κ3) is 6.72. The zero-order valence-corrected chi connectivity index (χ0v) is 25.8. The minimum absolute atomic E-state index is 0.0878. The number of nitrogens with zero attached hydrogens (tertiary/aromatic N) is 3. The van der Waals surface area contributed by atoms with E-state index in [4.69, 9.17) is 18.9 Å². The maximum absolute atomic E-state index is 12.0. The normalized spacial score (nSPS) is 20.8. The Morgan fingerprint density at radius 3 is 2.05 bits per heavy atom. The molecule has 1 spiro atoms. The van der Waals surface area contributed by atoms with Crippen LogP contribution >= 0.6 is 0 Å². The molecule has 3 aromatic rings. The van der Waals surface area contributed by atoms with Gasteiger partial charge in [-0.25, -0.2) is 14.8 Å². The molecule has 228 valence electrons. The molecule has 43 heavy (non-hydrogen) atoms. The zero-order valence-electron chi connectivity index (χ0n) is 25.8. The monoisotopic (exact) mass is 586 g/mol. The second kappa shape index (κ2) is 11.3. The first-order valence-electron chi connectivity index (χ1n) is 15.1. The van der Waals surface area contributed by atoms with E-state index in [2.05, 4.69) is 58.3 Å². The van der Waals surface area contributed by atoms with Crippen molar-refractivity contribution >= 4 is 12.0 Å². The minimum atomic E-state index is -0.498. The van der Waals surface area contributed by atoms with Crippen LogP contribution in [0.1, 0.15) is 64.2 Å². The van der Waals surface area contributed by atoms with E-state index in [0.29, 0.717) is 12.0 Å². The summed E-state index contributed by atoms with van der Waals surface area (Å²) < 4.78 is 22.8. The van der Waals surface area contributed by atoms with Crippen LogP contribution in [0, 0.1) is 5.41 Å². The highest BCUT2D eigenvalue weighted by atomic mass is 16.6. The van der Waals surface area contributed by atoms with Gasteiger partial charge in [0.05, 0.1) is 18.6 Å². The summed E-state index contributed by atoms with van der Waals surface area (Å²) in [5.41, 5.74) is 2.98. The second-order valence-corrected chi connectivity index (χ2v) is 13.8. The molecule has 9 nitrogen and oxygen atoms in total. The van der Waals surface area contributed by atoms with Crippen LogP contribution < -0.4 is 19.7 Å². The molecule has 3 aliphatic rings. The number of alkyl carbamates (subject to hydrolysis) is 1. The Morgan fingerprint density at radius 1 is 0.930 bits per heavy atom. The number of ether oxygens (including phenoxy) is 4. The molecule has 1 amide bonds. The van der Waals surface area contributed by atoms with Crippen molar-refractivity contribution in [3.05, 3.63) is 77.6 Å². The number of amides is 1. The van der Waals surface area contributed by atoms with E-state index in [1.807, 2.05) is 57.4 Å². The summed E-state index contributed by atoms with van der Waals surface area (Å²) in [5, 5.41) is 2.91. The molecule has 0 atom stereocenters. The molecule has 0 bridgehead atoms. The van der Waals surface area contributed by atoms with Crippen LogP contribution in [0.25, 0.3) is 0 Å². The van der Waals surface area contributed by atoms with Gasteiger partial charge in [0.1, 0.15) is 29.8 Å². The smallest absolute Gasteiger partial charge is 0.407 e. The fourth-order valence-corrected chi connectivity index (χ4v) is 5.76. The average molecular weight is 587 g/mol. The highest BCUT2D eigenvalue weighted by Gasteiger charge is 2.49. The van der Waals surface area contributed by atoms with Crippen LogP contribution in [0.3, 0.4) is 0 Å². The van der Waals surface area contributed by atoms with Crippen LogP contribution in [0.4, 0.5) is 10.7 Å². The fraction of sp³-hybridized carbons (Fsp3) is 0.500. The van der Waals surface area contributed by atoms with Crippen molar-refractivity contribution < 1.29 is 23.7 Å². The lowest BCUT2D eigenvalue weighted by Crippen LogP contribution is -2.66. The SMILES string of the molecule is CC(C)(C)OC(=O)NC1CC(Oc2ccc(C(C)(C)c3ccc(OCc4cnc(N5CC6(COC6)C5)nc4)cc3)cc2)C1. The summed E-state index contributed by atoms with van der Waals surface area (Å²) in [6, 6.07) is 16.7. The van der Waals surface area contributed by atoms with E-state index in [1.54, 1.807) is 0 Å². The molecule has 9 heteroatoms. The number of aromatic nitrogens is 2. The summed E-state index contributed by atoms with van der Waals surface area (Å²) in [5.74, 6) is 2.42. The van der Waals surface area contributed by atoms with Crippen LogP contribution in [-0.2, 0) is 21.5 Å². The third-order valence-electron chi connectivity index (χ3n) is 8.52. The highest BCUT2D eigenvalue weighted by Crippen LogP contribution is 2.39. The number of benzene rings is 2. The standard InChI is InChI=1S/C34H42N4O5/c1-32(2,3)43-31(39)37-26-14-29(15-26)42-28-12-8-25(9-13-28)33(4,5)24-6-10-27(11-7-24)41-18-23-16-35-30(36-17-23)38-19-34(20-38)21-40-22-34/h6-13,16-17,26,29H,14-15,18-22H2,1-5H3,(H,37,39). The lowest BCUT2D eigenvalue weighted by atomic mass is 9.78. The fourth-order valence-electron chi connectivity index (χ4n) is 5.76. The van der Waals surface area contributed by atoms with Crippen molar-refractivity contribution in [3.63, 3.8) is 0 Å². The molecule has 0 radical (unpaired) electrons. The molecule has 2 aromatic carbocycles. The van der Waals surface area contributed by atoms with Crippen LogP contribution in [0.2, 0.25) is 0 Å². The molecular formula is C34H42N4O5. The first-order valence-corrected chi connectivity index (χ1v) is 15.1. The van der Waals surface area contributed by atoms with Crippen molar-refractivity contribution in [3.8, 4) is 11.5 Å². The molecule has 0 unspecified atom stereocenters. The third-order valence-corrected chi connectivity index (χ3v) is 8.52.